The van der Waals surface area contributed by atoms with Gasteiger partial charge in [-0.25, -0.2) is 43.9 Å². The number of fused-ring (bicyclic) bond motifs is 4. The summed E-state index contributed by atoms with van der Waals surface area (Å²) in [5, 5.41) is 18.0. The minimum absolute atomic E-state index is 0.0180. The van der Waals surface area contributed by atoms with Crippen LogP contribution in [0.15, 0.2) is 136 Å². The van der Waals surface area contributed by atoms with Gasteiger partial charge in [-0.3, -0.25) is 19.9 Å². The monoisotopic (exact) mass is 1860 g/mol. The molecule has 0 spiro atoms. The molecular formula is C96H129N9O15S3Si4. The molecule has 0 bridgehead atoms. The normalized spacial score (nSPS) is 18.1. The van der Waals surface area contributed by atoms with Crippen LogP contribution < -0.4 is 21.3 Å². The van der Waals surface area contributed by atoms with E-state index in [4.69, 9.17) is 62.2 Å². The second-order valence-electron chi connectivity index (χ2n) is 40.8. The molecule has 3 amide bonds. The van der Waals surface area contributed by atoms with Crippen molar-refractivity contribution >= 4 is 121 Å². The van der Waals surface area contributed by atoms with Gasteiger partial charge in [-0.15, -0.1) is 34.0 Å². The average molecular weight is 1860 g/mol. The van der Waals surface area contributed by atoms with Gasteiger partial charge in [0.25, 0.3) is 0 Å². The number of esters is 4. The first-order valence-electron chi connectivity index (χ1n) is 43.9. The fraction of sp³-hybridized carbons (Fsp3) is 0.500. The Morgan fingerprint density at radius 3 is 1.74 bits per heavy atom. The van der Waals surface area contributed by atoms with Crippen molar-refractivity contribution in [1.29, 1.82) is 0 Å². The van der Waals surface area contributed by atoms with E-state index in [9.17, 15) is 24.0 Å². The molecule has 31 heteroatoms. The average Bonchev–Trinajstić information content (AvgIpc) is 1.72. The van der Waals surface area contributed by atoms with E-state index >= 15 is 9.59 Å². The van der Waals surface area contributed by atoms with E-state index in [-0.39, 0.29) is 87.4 Å². The first kappa shape index (κ1) is 98.6. The van der Waals surface area contributed by atoms with Crippen LogP contribution in [-0.4, -0.2) is 150 Å². The van der Waals surface area contributed by atoms with Gasteiger partial charge in [-0.05, 0) is 173 Å². The van der Waals surface area contributed by atoms with E-state index in [1.165, 1.54) is 18.3 Å². The second-order valence-corrected chi connectivity index (χ2v) is 64.2. The Kier molecular flexibility index (Phi) is 30.5. The molecule has 4 aromatic heterocycles. The molecular weight excluding hydrogens is 1730 g/mol. The maximum absolute atomic E-state index is 15.9. The Morgan fingerprint density at radius 2 is 1.16 bits per heavy atom. The van der Waals surface area contributed by atoms with Crippen molar-refractivity contribution in [2.45, 2.75) is 282 Å². The van der Waals surface area contributed by atoms with E-state index in [1.807, 2.05) is 112 Å². The molecule has 11 rings (SSSR count). The largest absolute Gasteiger partial charge is 0.464 e. The number of ether oxygens (including phenoxy) is 6. The zero-order valence-corrected chi connectivity index (χ0v) is 85.0. The molecule has 8 aromatic rings. The van der Waals surface area contributed by atoms with E-state index in [0.29, 0.717) is 39.1 Å². The van der Waals surface area contributed by atoms with E-state index < -0.39 is 140 Å². The molecule has 0 radical (unpaired) electrons. The summed E-state index contributed by atoms with van der Waals surface area (Å²) in [7, 11) is -8.67. The molecule has 4 N–H and O–H groups in total. The Labute approximate surface area is 765 Å². The van der Waals surface area contributed by atoms with Crippen LogP contribution in [-0.2, 0) is 58.0 Å². The molecule has 3 aliphatic rings. The Bertz CT molecular complexity index is 5320. The number of carbonyl (C=O) groups is 7. The number of thiazole rings is 3. The number of pyridine rings is 1. The molecule has 0 saturated carbocycles. The number of amides is 3. The highest BCUT2D eigenvalue weighted by Crippen LogP contribution is 2.51. The van der Waals surface area contributed by atoms with Gasteiger partial charge in [-0.1, -0.05) is 210 Å². The Morgan fingerprint density at radius 1 is 0.591 bits per heavy atom. The van der Waals surface area contributed by atoms with Crippen molar-refractivity contribution in [3.8, 4) is 22.3 Å². The predicted molar refractivity (Wildman–Crippen MR) is 514 cm³/mol. The van der Waals surface area contributed by atoms with Crippen LogP contribution in [0.2, 0.25) is 87.6 Å². The molecule has 0 saturated heterocycles. The summed E-state index contributed by atoms with van der Waals surface area (Å²) in [6.07, 6.45) is -0.400. The molecule has 1 aliphatic heterocycles. The van der Waals surface area contributed by atoms with E-state index in [0.717, 1.165) is 62.1 Å². The van der Waals surface area contributed by atoms with Gasteiger partial charge in [0.1, 0.15) is 80.4 Å². The third-order valence-electron chi connectivity index (χ3n) is 24.3. The smallest absolute Gasteiger partial charge is 0.408 e. The van der Waals surface area contributed by atoms with Crippen LogP contribution in [0.5, 0.6) is 0 Å². The molecule has 4 aromatic carbocycles. The number of carbonyl (C=O) groups excluding carboxylic acids is 7. The number of rotatable bonds is 33. The number of hydrogen-bond donors (Lipinski definition) is 4. The van der Waals surface area contributed by atoms with Crippen molar-refractivity contribution < 1.29 is 70.8 Å². The fourth-order valence-corrected chi connectivity index (χ4v) is 21.7. The van der Waals surface area contributed by atoms with Gasteiger partial charge in [0.2, 0.25) is 5.91 Å². The van der Waals surface area contributed by atoms with Gasteiger partial charge >= 0.3 is 36.1 Å². The summed E-state index contributed by atoms with van der Waals surface area (Å²) in [6.45, 7) is 53.0. The molecule has 9 atom stereocenters. The molecule has 682 valence electrons. The van der Waals surface area contributed by atoms with Gasteiger partial charge in [0.15, 0.2) is 28.0 Å². The molecule has 5 heterocycles. The van der Waals surface area contributed by atoms with Gasteiger partial charge in [0, 0.05) is 43.8 Å². The number of nitrogens with zero attached hydrogens (tertiary/aromatic N) is 5. The van der Waals surface area contributed by atoms with Gasteiger partial charge < -0.3 is 53.2 Å². The van der Waals surface area contributed by atoms with Crippen LogP contribution in [0.3, 0.4) is 0 Å². The topological polar surface area (TPSA) is 305 Å². The molecule has 0 unspecified atom stereocenters. The van der Waals surface area contributed by atoms with Crippen molar-refractivity contribution in [3.05, 3.63) is 203 Å². The molecule has 2 aliphatic carbocycles. The zero-order chi connectivity index (χ0) is 93.1. The summed E-state index contributed by atoms with van der Waals surface area (Å²) in [5.41, 5.74) is 5.61. The lowest BCUT2D eigenvalue weighted by Gasteiger charge is -2.43. The quantitative estimate of drug-likeness (QED) is 0.0169. The van der Waals surface area contributed by atoms with Crippen LogP contribution in [0.4, 0.5) is 9.59 Å². The van der Waals surface area contributed by atoms with Crippen LogP contribution in [0.1, 0.15) is 240 Å². The third-order valence-corrected chi connectivity index (χ3v) is 39.6. The summed E-state index contributed by atoms with van der Waals surface area (Å²) < 4.78 is 51.7. The predicted octanol–water partition coefficient (Wildman–Crippen LogP) is 21.8. The highest BCUT2D eigenvalue weighted by atomic mass is 32.1. The van der Waals surface area contributed by atoms with Crippen LogP contribution in [0, 0.1) is 5.92 Å². The standard InChI is InChI=1S/C96H129N9O15S3Si4/c1-57(2)77(88(110)115-53-70-66-38-32-30-36-64(66)65-37-31-33-39-67(65)70)98-71-45-44-68-69(59(4)119-126(23,24)93(9,10)11)52-73(99-79(68)80(71)120-127(25,26)94(12,13)14)87(109)116-60(5)78(104-91(112)117-92(6,7)8)84-101-74(54-122-84)81-96(89-103-76(56-123-89)86(108)114-49-51-125(20,21)22,47-46-72(100-81)83-102-75(55-121-83)85(107)113-48-50-124(17,18)19)105-82(106)58(3)97-90(111)118-95(15,16)63-42-40-62(41-43-63)61-34-28-27-29-35-61/h27-45,52,54-60,70-71,77-78,80-81,98H,46-51,53H2,1-26H3,(H,97,111)(H,104,112)(H,105,106)/t58-,59-,60+,71+,77-,78-,80-,81+,96+/m0/s1. The minimum atomic E-state index is -2.82. The Hall–Kier alpha value is -9.03. The van der Waals surface area contributed by atoms with Crippen molar-refractivity contribution in [2.75, 3.05) is 19.8 Å². The first-order chi connectivity index (χ1) is 59.2. The lowest BCUT2D eigenvalue weighted by Crippen LogP contribution is -2.57. The zero-order valence-electron chi connectivity index (χ0n) is 78.6. The molecule has 127 heavy (non-hydrogen) atoms. The SMILES string of the molecule is CC(C)[C@H](N[C@@H]1C=Cc2c([C@H](C)O[Si](C)(C)C(C)(C)C)cc(C(=O)O[C@H](C)[C@H](NC(=O)OC(C)(C)C)c3nc([C@H]4N=C(c5nc(C(=O)OCC[Si](C)(C)C)cs5)CC[C@]4(NC(=O)[C@H](C)NC(=O)OC(C)(C)c4ccc(-c5ccccc5)cc4)c4nc(C(=O)OCC[Si](C)(C)C)cs4)cs3)nc2[C@H]1O[Si](C)(C)C(C)(C)C)C(=O)OCC1c2ccccc2-c2ccccc21. The number of aromatic nitrogens is 4. The highest BCUT2D eigenvalue weighted by molar-refractivity contribution is 7.12. The lowest BCUT2D eigenvalue weighted by atomic mass is 9.80. The number of nitrogens with one attached hydrogen (secondary N) is 4. The Balaban J connectivity index is 0.985. The summed E-state index contributed by atoms with van der Waals surface area (Å²) in [5.74, 6) is -3.70. The number of benzene rings is 4. The van der Waals surface area contributed by atoms with Crippen molar-refractivity contribution in [1.82, 2.24) is 41.2 Å². The lowest BCUT2D eigenvalue weighted by molar-refractivity contribution is -0.148. The second kappa shape index (κ2) is 39.3. The maximum atomic E-state index is 15.9. The van der Waals surface area contributed by atoms with Gasteiger partial charge in [0.05, 0.1) is 42.5 Å². The number of aliphatic imine (C=N–C) groups is 1. The van der Waals surface area contributed by atoms with Crippen LogP contribution >= 0.6 is 34.0 Å². The van der Waals surface area contributed by atoms with E-state index in [1.54, 1.807) is 63.7 Å². The van der Waals surface area contributed by atoms with Crippen molar-refractivity contribution in [3.63, 3.8) is 0 Å². The number of hydrogen-bond acceptors (Lipinski definition) is 24. The van der Waals surface area contributed by atoms with E-state index in [2.05, 4.69) is 153 Å². The molecule has 0 fully saturated rings. The fourth-order valence-electron chi connectivity index (χ4n) is 14.8. The highest BCUT2D eigenvalue weighted by Gasteiger charge is 2.52. The number of alkyl carbamates (subject to hydrolysis) is 2. The van der Waals surface area contributed by atoms with Gasteiger partial charge in [-0.2, -0.15) is 0 Å². The summed E-state index contributed by atoms with van der Waals surface area (Å²) in [4.78, 5) is 129. The first-order valence-corrected chi connectivity index (χ1v) is 59.8. The maximum Gasteiger partial charge on any atom is 0.408 e. The minimum Gasteiger partial charge on any atom is -0.464 e. The van der Waals surface area contributed by atoms with Crippen LogP contribution in [0.25, 0.3) is 28.3 Å². The summed E-state index contributed by atoms with van der Waals surface area (Å²) >= 11 is 3.40. The summed E-state index contributed by atoms with van der Waals surface area (Å²) in [6, 6.07) is 31.8. The third kappa shape index (κ3) is 24.2. The molecule has 24 nitrogen and oxygen atoms in total. The van der Waals surface area contributed by atoms with Crippen molar-refractivity contribution in [2.24, 2.45) is 10.9 Å².